The van der Waals surface area contributed by atoms with Crippen molar-refractivity contribution in [2.24, 2.45) is 5.92 Å². The normalized spacial score (nSPS) is 15.3. The van der Waals surface area contributed by atoms with E-state index in [1.54, 1.807) is 0 Å². The number of hydrogen-bond donors (Lipinski definition) is 6. The number of Topliss-reactive ketones (excluding diaryl/α,β-unsaturated/α-hetero) is 1. The summed E-state index contributed by atoms with van der Waals surface area (Å²) in [5, 5.41) is 35.7. The van der Waals surface area contributed by atoms with Gasteiger partial charge >= 0.3 is 38.3 Å². The van der Waals surface area contributed by atoms with Crippen LogP contribution in [0.4, 0.5) is 26.3 Å². The molecule has 308 valence electrons. The highest BCUT2D eigenvalue weighted by atomic mass is 19.4. The number of aliphatic carboxylic acids is 2. The molecule has 2 aromatic rings. The van der Waals surface area contributed by atoms with Gasteiger partial charge in [-0.15, -0.1) is 0 Å². The van der Waals surface area contributed by atoms with Crippen LogP contribution in [0.2, 0.25) is 6.82 Å². The summed E-state index contributed by atoms with van der Waals surface area (Å²) in [6.45, 7) is 1.34. The lowest BCUT2D eigenvalue weighted by molar-refractivity contribution is -0.142. The minimum Gasteiger partial charge on any atom is -0.481 e. The van der Waals surface area contributed by atoms with E-state index in [1.807, 2.05) is 0 Å². The lowest BCUT2D eigenvalue weighted by atomic mass is 9.63. The van der Waals surface area contributed by atoms with Crippen LogP contribution in [0.1, 0.15) is 94.8 Å². The zero-order valence-electron chi connectivity index (χ0n) is 30.6. The summed E-state index contributed by atoms with van der Waals surface area (Å²) in [4.78, 5) is 75.8. The van der Waals surface area contributed by atoms with Crippen molar-refractivity contribution in [2.45, 2.75) is 96.3 Å². The summed E-state index contributed by atoms with van der Waals surface area (Å²) in [5.74, 6) is -7.23. The Kier molecular flexibility index (Phi) is 14.6. The molecule has 0 saturated heterocycles. The van der Waals surface area contributed by atoms with Gasteiger partial charge in [-0.1, -0.05) is 32.3 Å². The fraction of sp³-hybridized carbons (Fsp3) is 0.486. The van der Waals surface area contributed by atoms with Crippen LogP contribution in [0.15, 0.2) is 24.3 Å². The van der Waals surface area contributed by atoms with Crippen molar-refractivity contribution in [1.29, 1.82) is 0 Å². The van der Waals surface area contributed by atoms with E-state index in [0.29, 0.717) is 31.4 Å². The minimum absolute atomic E-state index is 0.0495. The number of benzene rings is 2. The fourth-order valence-corrected chi connectivity index (χ4v) is 6.39. The zero-order valence-corrected chi connectivity index (χ0v) is 30.6. The van der Waals surface area contributed by atoms with Gasteiger partial charge in [0.25, 0.3) is 5.91 Å². The van der Waals surface area contributed by atoms with Crippen LogP contribution in [0, 0.1) is 5.92 Å². The maximum Gasteiger partial charge on any atom is 0.491 e. The summed E-state index contributed by atoms with van der Waals surface area (Å²) >= 11 is 0. The highest BCUT2D eigenvalue weighted by Gasteiger charge is 2.42. The van der Waals surface area contributed by atoms with E-state index in [9.17, 15) is 65.2 Å². The molecule has 0 aliphatic carbocycles. The van der Waals surface area contributed by atoms with Crippen LogP contribution < -0.4 is 26.9 Å². The molecule has 3 amide bonds. The second-order valence-corrected chi connectivity index (χ2v) is 13.8. The number of carbonyl (C=O) groups excluding carboxylic acids is 4. The van der Waals surface area contributed by atoms with Crippen LogP contribution in [-0.2, 0) is 54.1 Å². The molecular formula is C35H39B2F6N3O11. The third-order valence-corrected chi connectivity index (χ3v) is 9.70. The minimum atomic E-state index is -4.96. The maximum atomic E-state index is 14.0. The number of unbranched alkanes of at least 4 members (excludes halogenated alkanes) is 1. The molecule has 4 rings (SSSR count). The summed E-state index contributed by atoms with van der Waals surface area (Å²) < 4.78 is 93.8. The summed E-state index contributed by atoms with van der Waals surface area (Å²) in [6.07, 6.45) is -10.9. The Labute approximate surface area is 322 Å². The standard InChI is InChI=1S/C35H39B2F6N3O11/c1-17(32(51)52)5-3-4-10-44-29(48)9-7-27(33(53)54)46-31(50)26(45-30(49)19-12-23(35(41,42)43)20-15-56-36(2)24(20)14-19)6-8-28(47)18-11-22(34(38,39)40)21-16-57-37(55)25(21)13-18/h11-14,17,26-27,55H,3-10,15-16H2,1-2H3,(H,44,48)(H,45,49)(H,46,50)(H,51,52)(H,53,54)/t17-,26-,27?/m0/s1. The Hall–Kier alpha value is -4.95. The first-order valence-electron chi connectivity index (χ1n) is 17.8. The second kappa shape index (κ2) is 18.5. The molecule has 22 heteroatoms. The lowest BCUT2D eigenvalue weighted by Gasteiger charge is -2.22. The predicted molar refractivity (Wildman–Crippen MR) is 189 cm³/mol. The number of carboxylic acids is 2. The van der Waals surface area contributed by atoms with Gasteiger partial charge < -0.3 is 40.5 Å². The molecule has 2 aliphatic heterocycles. The average Bonchev–Trinajstić information content (AvgIpc) is 3.70. The van der Waals surface area contributed by atoms with E-state index in [2.05, 4.69) is 16.0 Å². The third kappa shape index (κ3) is 11.6. The number of hydrogen-bond acceptors (Lipinski definition) is 9. The molecule has 2 aliphatic rings. The Bertz CT molecular complexity index is 1900. The molecular weight excluding hydrogens is 774 g/mol. The smallest absolute Gasteiger partial charge is 0.481 e. The summed E-state index contributed by atoms with van der Waals surface area (Å²) in [7, 11) is -1.77. The van der Waals surface area contributed by atoms with Crippen LogP contribution in [0.3, 0.4) is 0 Å². The van der Waals surface area contributed by atoms with Gasteiger partial charge in [0.05, 0.1) is 30.3 Å². The van der Waals surface area contributed by atoms with E-state index in [1.165, 1.54) is 13.7 Å². The Morgan fingerprint density at radius 3 is 1.95 bits per heavy atom. The average molecular weight is 813 g/mol. The molecule has 0 spiro atoms. The molecule has 2 heterocycles. The molecule has 0 radical (unpaired) electrons. The predicted octanol–water partition coefficient (Wildman–Crippen LogP) is 2.42. The van der Waals surface area contributed by atoms with E-state index in [4.69, 9.17) is 14.4 Å². The molecule has 57 heavy (non-hydrogen) atoms. The van der Waals surface area contributed by atoms with Crippen LogP contribution >= 0.6 is 0 Å². The number of carbonyl (C=O) groups is 6. The van der Waals surface area contributed by atoms with Crippen LogP contribution in [-0.4, -0.2) is 83.3 Å². The largest absolute Gasteiger partial charge is 0.491 e. The topological polar surface area (TPSA) is 218 Å². The van der Waals surface area contributed by atoms with E-state index in [0.717, 1.165) is 12.1 Å². The van der Waals surface area contributed by atoms with Crippen molar-refractivity contribution in [2.75, 3.05) is 6.54 Å². The molecule has 6 N–H and O–H groups in total. The first kappa shape index (κ1) is 44.8. The number of carboxylic acid groups (broad SMARTS) is 2. The highest BCUT2D eigenvalue weighted by Crippen LogP contribution is 2.35. The van der Waals surface area contributed by atoms with Crippen LogP contribution in [0.5, 0.6) is 0 Å². The van der Waals surface area contributed by atoms with E-state index < -0.39 is 134 Å². The van der Waals surface area contributed by atoms with Crippen molar-refractivity contribution in [3.8, 4) is 0 Å². The van der Waals surface area contributed by atoms with Gasteiger partial charge in [0, 0.05) is 30.5 Å². The number of nitrogens with one attached hydrogen (secondary N) is 3. The van der Waals surface area contributed by atoms with Gasteiger partial charge in [-0.25, -0.2) is 4.79 Å². The van der Waals surface area contributed by atoms with Crippen molar-refractivity contribution in [3.63, 3.8) is 0 Å². The number of ketones is 1. The van der Waals surface area contributed by atoms with Crippen molar-refractivity contribution in [1.82, 2.24) is 16.0 Å². The number of amides is 3. The lowest BCUT2D eigenvalue weighted by Crippen LogP contribution is -2.52. The molecule has 2 aromatic carbocycles. The van der Waals surface area contributed by atoms with Crippen molar-refractivity contribution in [3.05, 3.63) is 57.6 Å². The number of rotatable bonds is 18. The quantitative estimate of drug-likeness (QED) is 0.0556. The number of halogens is 6. The number of fused-ring (bicyclic) bond motifs is 2. The SMILES string of the molecule is CB1OCc2c1cc(C(=O)N[C@@H](CCC(=O)c1cc3c(c(C(F)(F)F)c1)COB3O)C(=O)NC(CCC(=O)NCCCC[C@H](C)C(=O)O)C(=O)O)cc2C(F)(F)F. The summed E-state index contributed by atoms with van der Waals surface area (Å²) in [5.41, 5.74) is -4.37. The van der Waals surface area contributed by atoms with E-state index in [-0.39, 0.29) is 35.2 Å². The first-order chi connectivity index (χ1) is 26.6. The van der Waals surface area contributed by atoms with Crippen molar-refractivity contribution < 1.29 is 79.7 Å². The first-order valence-corrected chi connectivity index (χ1v) is 17.8. The Balaban J connectivity index is 1.53. The zero-order chi connectivity index (χ0) is 42.4. The van der Waals surface area contributed by atoms with Crippen LogP contribution in [0.25, 0.3) is 0 Å². The van der Waals surface area contributed by atoms with Gasteiger partial charge in [-0.3, -0.25) is 24.0 Å². The van der Waals surface area contributed by atoms with Gasteiger partial charge in [0.1, 0.15) is 12.1 Å². The molecule has 14 nitrogen and oxygen atoms in total. The highest BCUT2D eigenvalue weighted by molar-refractivity contribution is 6.67. The Morgan fingerprint density at radius 2 is 1.33 bits per heavy atom. The Morgan fingerprint density at radius 1 is 0.754 bits per heavy atom. The molecule has 1 unspecified atom stereocenters. The second-order valence-electron chi connectivity index (χ2n) is 13.8. The fourth-order valence-electron chi connectivity index (χ4n) is 6.39. The third-order valence-electron chi connectivity index (χ3n) is 9.70. The molecule has 0 fully saturated rings. The van der Waals surface area contributed by atoms with Gasteiger partial charge in [-0.2, -0.15) is 26.3 Å². The van der Waals surface area contributed by atoms with Gasteiger partial charge in [0.2, 0.25) is 11.8 Å². The maximum absolute atomic E-state index is 14.0. The summed E-state index contributed by atoms with van der Waals surface area (Å²) in [6, 6.07) is -0.418. The van der Waals surface area contributed by atoms with Crippen molar-refractivity contribution >= 4 is 60.4 Å². The van der Waals surface area contributed by atoms with Gasteiger partial charge in [-0.05, 0) is 59.9 Å². The van der Waals surface area contributed by atoms with Gasteiger partial charge in [0.15, 0.2) is 5.78 Å². The van der Waals surface area contributed by atoms with E-state index >= 15 is 0 Å². The molecule has 0 bridgehead atoms. The molecule has 0 saturated carbocycles. The molecule has 0 aromatic heterocycles. The monoisotopic (exact) mass is 813 g/mol. The number of alkyl halides is 6. The molecule has 3 atom stereocenters.